The van der Waals surface area contributed by atoms with Crippen molar-refractivity contribution in [3.8, 4) is 67.5 Å². The number of ether oxygens (including phenoxy) is 2. The van der Waals surface area contributed by atoms with Gasteiger partial charge in [-0.05, 0) is 170 Å². The fourth-order valence-electron chi connectivity index (χ4n) is 11.4. The molecule has 4 heteroatoms. The average molecular weight is 909 g/mol. The predicted molar refractivity (Wildman–Crippen MR) is 290 cm³/mol. The number of fused-ring (bicyclic) bond motifs is 12. The van der Waals surface area contributed by atoms with Crippen LogP contribution in [0.4, 0.5) is 34.1 Å². The molecule has 1 aliphatic heterocycles. The summed E-state index contributed by atoms with van der Waals surface area (Å²) in [5.41, 5.74) is 20.5. The van der Waals surface area contributed by atoms with E-state index in [4.69, 9.17) is 9.47 Å². The van der Waals surface area contributed by atoms with Gasteiger partial charge in [-0.3, -0.25) is 0 Å². The minimum atomic E-state index is -0.561. The fraction of sp³-hybridized carbons (Fsp3) is 0.0149. The zero-order valence-electron chi connectivity index (χ0n) is 38.6. The summed E-state index contributed by atoms with van der Waals surface area (Å²) in [6, 6.07) is 95.8. The Morgan fingerprint density at radius 3 is 1.11 bits per heavy atom. The van der Waals surface area contributed by atoms with Crippen molar-refractivity contribution in [3.05, 3.63) is 289 Å². The van der Waals surface area contributed by atoms with Crippen LogP contribution in [0.25, 0.3) is 44.5 Å². The van der Waals surface area contributed by atoms with E-state index in [1.165, 1.54) is 50.1 Å². The van der Waals surface area contributed by atoms with Crippen LogP contribution >= 0.6 is 0 Å². The molecule has 0 bridgehead atoms. The molecule has 0 aromatic heterocycles. The van der Waals surface area contributed by atoms with Crippen molar-refractivity contribution in [1.29, 1.82) is 0 Å². The maximum Gasteiger partial charge on any atom is 0.170 e. The molecule has 0 radical (unpaired) electrons. The van der Waals surface area contributed by atoms with E-state index < -0.39 is 5.41 Å². The highest BCUT2D eigenvalue weighted by Crippen LogP contribution is 2.65. The molecule has 0 N–H and O–H groups in total. The first-order valence-corrected chi connectivity index (χ1v) is 24.2. The number of anilines is 6. The molecule has 1 heterocycles. The molecule has 0 amide bonds. The van der Waals surface area contributed by atoms with Gasteiger partial charge in [0.25, 0.3) is 0 Å². The lowest BCUT2D eigenvalue weighted by molar-refractivity contribution is 0.359. The van der Waals surface area contributed by atoms with E-state index >= 15 is 0 Å². The van der Waals surface area contributed by atoms with Gasteiger partial charge in [0.15, 0.2) is 23.0 Å². The van der Waals surface area contributed by atoms with Gasteiger partial charge in [-0.25, -0.2) is 0 Å². The normalized spacial score (nSPS) is 14.2. The third kappa shape index (κ3) is 6.53. The molecule has 1 unspecified atom stereocenters. The number of benzene rings is 11. The Labute approximate surface area is 413 Å². The van der Waals surface area contributed by atoms with Crippen molar-refractivity contribution in [2.24, 2.45) is 0 Å². The van der Waals surface area contributed by atoms with Crippen molar-refractivity contribution in [2.75, 3.05) is 9.80 Å². The van der Waals surface area contributed by atoms with E-state index in [9.17, 15) is 0 Å². The SMILES string of the molecule is c1ccc(-c2ccc(N(c3ccc(-c4ccc5c(c4)C4(c6ccccc6-5)c5ccccc5-c5cc6c(cc54)Oc4ccccc4O6)cc3)c3ccc(N(c4ccccc4)c4ccccc4)cc3)cc2)cc1. The molecule has 11 aromatic rings. The second-order valence-electron chi connectivity index (χ2n) is 18.4. The van der Waals surface area contributed by atoms with Crippen LogP contribution in [-0.4, -0.2) is 0 Å². The molecular weight excluding hydrogens is 865 g/mol. The number of hydrogen-bond donors (Lipinski definition) is 0. The first-order valence-electron chi connectivity index (χ1n) is 24.2. The quantitative estimate of drug-likeness (QED) is 0.152. The number of nitrogens with zero attached hydrogens (tertiary/aromatic N) is 2. The highest BCUT2D eigenvalue weighted by atomic mass is 16.6. The first-order chi connectivity index (χ1) is 35.2. The Bertz CT molecular complexity index is 3760. The molecule has 0 fully saturated rings. The lowest BCUT2D eigenvalue weighted by Crippen LogP contribution is -2.26. The maximum atomic E-state index is 6.62. The summed E-state index contributed by atoms with van der Waals surface area (Å²) >= 11 is 0. The van der Waals surface area contributed by atoms with Gasteiger partial charge in [-0.1, -0.05) is 164 Å². The Morgan fingerprint density at radius 1 is 0.225 bits per heavy atom. The van der Waals surface area contributed by atoms with Crippen LogP contribution in [0.3, 0.4) is 0 Å². The van der Waals surface area contributed by atoms with Crippen molar-refractivity contribution in [2.45, 2.75) is 5.41 Å². The molecule has 1 spiro atoms. The second kappa shape index (κ2) is 16.4. The van der Waals surface area contributed by atoms with Crippen LogP contribution in [0.15, 0.2) is 267 Å². The molecule has 334 valence electrons. The van der Waals surface area contributed by atoms with E-state index in [2.05, 4.69) is 252 Å². The molecule has 71 heavy (non-hydrogen) atoms. The zero-order valence-corrected chi connectivity index (χ0v) is 38.6. The summed E-state index contributed by atoms with van der Waals surface area (Å²) in [5, 5.41) is 0. The molecule has 2 aliphatic carbocycles. The van der Waals surface area contributed by atoms with Crippen LogP contribution in [0.5, 0.6) is 23.0 Å². The molecular formula is C67H44N2O2. The molecule has 1 atom stereocenters. The third-order valence-corrected chi connectivity index (χ3v) is 14.5. The van der Waals surface area contributed by atoms with E-state index in [1.807, 2.05) is 24.3 Å². The Balaban J connectivity index is 0.870. The monoisotopic (exact) mass is 908 g/mol. The van der Waals surface area contributed by atoms with E-state index in [0.29, 0.717) is 0 Å². The van der Waals surface area contributed by atoms with Crippen LogP contribution < -0.4 is 19.3 Å². The van der Waals surface area contributed by atoms with Crippen molar-refractivity contribution in [1.82, 2.24) is 0 Å². The van der Waals surface area contributed by atoms with Crippen molar-refractivity contribution in [3.63, 3.8) is 0 Å². The van der Waals surface area contributed by atoms with Crippen LogP contribution in [0, 0.1) is 0 Å². The lowest BCUT2D eigenvalue weighted by atomic mass is 9.70. The van der Waals surface area contributed by atoms with E-state index in [-0.39, 0.29) is 0 Å². The summed E-state index contributed by atoms with van der Waals surface area (Å²) in [5.74, 6) is 2.91. The second-order valence-corrected chi connectivity index (χ2v) is 18.4. The van der Waals surface area contributed by atoms with Gasteiger partial charge < -0.3 is 19.3 Å². The topological polar surface area (TPSA) is 24.9 Å². The van der Waals surface area contributed by atoms with Crippen LogP contribution in [0.2, 0.25) is 0 Å². The van der Waals surface area contributed by atoms with E-state index in [1.54, 1.807) is 0 Å². The predicted octanol–water partition coefficient (Wildman–Crippen LogP) is 18.2. The zero-order chi connectivity index (χ0) is 46.9. The highest BCUT2D eigenvalue weighted by molar-refractivity contribution is 5.97. The molecule has 0 saturated heterocycles. The van der Waals surface area contributed by atoms with Crippen molar-refractivity contribution >= 4 is 34.1 Å². The van der Waals surface area contributed by atoms with Crippen molar-refractivity contribution < 1.29 is 9.47 Å². The Morgan fingerprint density at radius 2 is 0.577 bits per heavy atom. The summed E-state index contributed by atoms with van der Waals surface area (Å²) in [7, 11) is 0. The summed E-state index contributed by atoms with van der Waals surface area (Å²) in [4.78, 5) is 4.65. The maximum absolute atomic E-state index is 6.62. The summed E-state index contributed by atoms with van der Waals surface area (Å²) < 4.78 is 13.1. The molecule has 14 rings (SSSR count). The Kier molecular flexibility index (Phi) is 9.39. The smallest absolute Gasteiger partial charge is 0.170 e. The largest absolute Gasteiger partial charge is 0.450 e. The third-order valence-electron chi connectivity index (χ3n) is 14.5. The minimum absolute atomic E-state index is 0.561. The number of rotatable bonds is 8. The number of para-hydroxylation sites is 4. The summed E-state index contributed by atoms with van der Waals surface area (Å²) in [6.45, 7) is 0. The molecule has 3 aliphatic rings. The van der Waals surface area contributed by atoms with Gasteiger partial charge in [-0.15, -0.1) is 0 Å². The van der Waals surface area contributed by atoms with Gasteiger partial charge >= 0.3 is 0 Å². The Hall–Kier alpha value is -9.38. The first kappa shape index (κ1) is 40.7. The standard InChI is InChI=1S/C67H44N2O2/c1-4-16-45(17-5-1)46-28-33-51(34-29-46)69(54-39-37-53(38-40-54)68(49-18-6-2-7-19-49)50-20-8-3-9-21-50)52-35-30-47(31-36-52)48-32-41-57-55-22-10-12-24-59(55)67(61(57)42-48)60-25-13-11-23-56(60)58-43-65-66(44-62(58)67)71-64-27-15-14-26-63(64)70-65/h1-44H. The lowest BCUT2D eigenvalue weighted by Gasteiger charge is -2.31. The minimum Gasteiger partial charge on any atom is -0.450 e. The van der Waals surface area contributed by atoms with Gasteiger partial charge in [0, 0.05) is 34.1 Å². The van der Waals surface area contributed by atoms with Crippen LogP contribution in [0.1, 0.15) is 22.3 Å². The van der Waals surface area contributed by atoms with Crippen LogP contribution in [-0.2, 0) is 5.41 Å². The molecule has 4 nitrogen and oxygen atoms in total. The van der Waals surface area contributed by atoms with E-state index in [0.717, 1.165) is 73.8 Å². The molecule has 0 saturated carbocycles. The summed E-state index contributed by atoms with van der Waals surface area (Å²) in [6.07, 6.45) is 0. The van der Waals surface area contributed by atoms with Gasteiger partial charge in [0.2, 0.25) is 0 Å². The fourth-order valence-corrected chi connectivity index (χ4v) is 11.4. The van der Waals surface area contributed by atoms with Gasteiger partial charge in [0.1, 0.15) is 0 Å². The highest BCUT2D eigenvalue weighted by Gasteiger charge is 2.52. The van der Waals surface area contributed by atoms with Gasteiger partial charge in [-0.2, -0.15) is 0 Å². The number of hydrogen-bond acceptors (Lipinski definition) is 4. The van der Waals surface area contributed by atoms with Gasteiger partial charge in [0.05, 0.1) is 5.41 Å². The molecule has 11 aromatic carbocycles. The average Bonchev–Trinajstić information content (AvgIpc) is 3.90.